The summed E-state index contributed by atoms with van der Waals surface area (Å²) in [5.74, 6) is 0.0287. The minimum atomic E-state index is -0.563. The molecule has 3 heterocycles. The van der Waals surface area contributed by atoms with Crippen molar-refractivity contribution >= 4 is 17.8 Å². The number of urea groups is 1. The highest BCUT2D eigenvalue weighted by atomic mass is 19.1. The number of nitrogens with zero attached hydrogens (tertiary/aromatic N) is 2. The molecule has 1 aromatic heterocycles. The number of aromatic nitrogens is 1. The van der Waals surface area contributed by atoms with Crippen molar-refractivity contribution < 1.29 is 23.5 Å². The fourth-order valence-corrected chi connectivity index (χ4v) is 3.86. The number of nitrogens with one attached hydrogen (secondary N) is 1. The summed E-state index contributed by atoms with van der Waals surface area (Å²) in [4.78, 5) is 30.0. The minimum absolute atomic E-state index is 0.129. The van der Waals surface area contributed by atoms with Gasteiger partial charge in [-0.1, -0.05) is 12.1 Å². The third-order valence-electron chi connectivity index (χ3n) is 5.55. The van der Waals surface area contributed by atoms with E-state index in [1.807, 2.05) is 0 Å². The molecule has 0 aliphatic carbocycles. The number of rotatable bonds is 2. The van der Waals surface area contributed by atoms with Gasteiger partial charge in [0.1, 0.15) is 23.0 Å². The van der Waals surface area contributed by atoms with Crippen LogP contribution in [0.1, 0.15) is 35.3 Å². The van der Waals surface area contributed by atoms with Gasteiger partial charge in [0.2, 0.25) is 0 Å². The molecule has 2 aromatic rings. The van der Waals surface area contributed by atoms with E-state index in [9.17, 15) is 14.0 Å². The van der Waals surface area contributed by atoms with Gasteiger partial charge in [-0.25, -0.2) is 19.0 Å². The Morgan fingerprint density at radius 3 is 2.76 bits per heavy atom. The van der Waals surface area contributed by atoms with Crippen LogP contribution < -0.4 is 10.1 Å². The van der Waals surface area contributed by atoms with E-state index in [2.05, 4.69) is 15.0 Å². The highest BCUT2D eigenvalue weighted by Gasteiger charge is 2.40. The van der Waals surface area contributed by atoms with Gasteiger partial charge in [-0.15, -0.1) is 0 Å². The van der Waals surface area contributed by atoms with E-state index in [0.29, 0.717) is 31.7 Å². The lowest BCUT2D eigenvalue weighted by Gasteiger charge is -2.44. The average Bonchev–Trinajstić information content (AvgIpc) is 2.73. The molecule has 2 aliphatic rings. The molecule has 2 aliphatic heterocycles. The normalized spacial score (nSPS) is 17.2. The van der Waals surface area contributed by atoms with Crippen LogP contribution in [0.2, 0.25) is 0 Å². The number of esters is 1. The molecule has 152 valence electrons. The first kappa shape index (κ1) is 19.2. The van der Waals surface area contributed by atoms with Gasteiger partial charge >= 0.3 is 12.0 Å². The topological polar surface area (TPSA) is 80.8 Å². The Labute approximate surface area is 167 Å². The smallest absolute Gasteiger partial charge is 0.356 e. The lowest BCUT2D eigenvalue weighted by atomic mass is 9.83. The van der Waals surface area contributed by atoms with Gasteiger partial charge in [-0.05, 0) is 36.6 Å². The Morgan fingerprint density at radius 2 is 2.00 bits per heavy atom. The summed E-state index contributed by atoms with van der Waals surface area (Å²) >= 11 is 0. The Hall–Kier alpha value is -3.16. The molecule has 2 amide bonds. The van der Waals surface area contributed by atoms with E-state index in [4.69, 9.17) is 4.74 Å². The fraction of sp³-hybridized carbons (Fsp3) is 0.381. The number of hydrogen-bond donors (Lipinski definition) is 1. The zero-order valence-electron chi connectivity index (χ0n) is 16.1. The molecule has 1 saturated heterocycles. The average molecular weight is 399 g/mol. The highest BCUT2D eigenvalue weighted by molar-refractivity contribution is 5.91. The van der Waals surface area contributed by atoms with Crippen LogP contribution >= 0.6 is 0 Å². The standard InChI is InChI=1S/C21H22FN3O4/c1-28-19(26)16-3-2-4-18(23-16)24-20(27)25-11-9-21(10-12-25)8-7-14-5-6-15(22)13-17(14)29-21/h2-6,13H,7-12H2,1H3,(H,23,24,27). The highest BCUT2D eigenvalue weighted by Crippen LogP contribution is 2.39. The van der Waals surface area contributed by atoms with Crippen LogP contribution in [0.15, 0.2) is 36.4 Å². The second-order valence-electron chi connectivity index (χ2n) is 7.35. The quantitative estimate of drug-likeness (QED) is 0.783. The molecular weight excluding hydrogens is 377 g/mol. The predicted molar refractivity (Wildman–Crippen MR) is 103 cm³/mol. The van der Waals surface area contributed by atoms with Crippen molar-refractivity contribution in [2.75, 3.05) is 25.5 Å². The van der Waals surface area contributed by atoms with Gasteiger partial charge < -0.3 is 14.4 Å². The molecule has 1 spiro atoms. The third-order valence-corrected chi connectivity index (χ3v) is 5.55. The van der Waals surface area contributed by atoms with Gasteiger partial charge in [0, 0.05) is 32.0 Å². The summed E-state index contributed by atoms with van der Waals surface area (Å²) in [6.45, 7) is 1.04. The number of pyridine rings is 1. The summed E-state index contributed by atoms with van der Waals surface area (Å²) in [6, 6.07) is 9.16. The maximum atomic E-state index is 13.6. The Bertz CT molecular complexity index is 941. The first-order valence-corrected chi connectivity index (χ1v) is 9.57. The number of carbonyl (C=O) groups excluding carboxylic acids is 2. The number of benzene rings is 1. The van der Waals surface area contributed by atoms with Crippen LogP contribution in [-0.2, 0) is 11.2 Å². The van der Waals surface area contributed by atoms with E-state index in [1.54, 1.807) is 23.1 Å². The number of ether oxygens (including phenoxy) is 2. The maximum absolute atomic E-state index is 13.6. The first-order chi connectivity index (χ1) is 14.0. The summed E-state index contributed by atoms with van der Waals surface area (Å²) in [6.07, 6.45) is 3.04. The number of halogens is 1. The van der Waals surface area contributed by atoms with Crippen molar-refractivity contribution in [3.05, 3.63) is 53.5 Å². The van der Waals surface area contributed by atoms with Crippen LogP contribution in [0.4, 0.5) is 15.0 Å². The molecule has 4 rings (SSSR count). The summed E-state index contributed by atoms with van der Waals surface area (Å²) in [7, 11) is 1.28. The van der Waals surface area contributed by atoms with Crippen molar-refractivity contribution in [1.29, 1.82) is 0 Å². The molecule has 0 atom stereocenters. The van der Waals surface area contributed by atoms with Gasteiger partial charge in [0.15, 0.2) is 5.69 Å². The molecule has 1 fully saturated rings. The molecule has 0 saturated carbocycles. The Morgan fingerprint density at radius 1 is 1.21 bits per heavy atom. The second-order valence-corrected chi connectivity index (χ2v) is 7.35. The predicted octanol–water partition coefficient (Wildman–Crippen LogP) is 3.40. The zero-order valence-corrected chi connectivity index (χ0v) is 16.1. The number of fused-ring (bicyclic) bond motifs is 1. The zero-order chi connectivity index (χ0) is 20.4. The number of likely N-dealkylation sites (tertiary alicyclic amines) is 1. The van der Waals surface area contributed by atoms with E-state index in [1.165, 1.54) is 25.3 Å². The van der Waals surface area contributed by atoms with Gasteiger partial charge in [0.25, 0.3) is 0 Å². The summed E-state index contributed by atoms with van der Waals surface area (Å²) < 4.78 is 24.4. The summed E-state index contributed by atoms with van der Waals surface area (Å²) in [5.41, 5.74) is 0.791. The van der Waals surface area contributed by atoms with Crippen molar-refractivity contribution in [1.82, 2.24) is 9.88 Å². The van der Waals surface area contributed by atoms with Crippen LogP contribution in [-0.4, -0.2) is 47.7 Å². The lowest BCUT2D eigenvalue weighted by molar-refractivity contribution is -0.00461. The number of methoxy groups -OCH3 is 1. The molecule has 0 unspecified atom stereocenters. The molecule has 7 nitrogen and oxygen atoms in total. The molecule has 0 radical (unpaired) electrons. The number of anilines is 1. The van der Waals surface area contributed by atoms with Crippen LogP contribution in [0.3, 0.4) is 0 Å². The number of piperidine rings is 1. The van der Waals surface area contributed by atoms with Crippen molar-refractivity contribution in [3.63, 3.8) is 0 Å². The maximum Gasteiger partial charge on any atom is 0.356 e. The Kier molecular flexibility index (Phi) is 5.08. The fourth-order valence-electron chi connectivity index (χ4n) is 3.86. The second kappa shape index (κ2) is 7.69. The molecule has 1 N–H and O–H groups in total. The first-order valence-electron chi connectivity index (χ1n) is 9.57. The van der Waals surface area contributed by atoms with Crippen molar-refractivity contribution in [2.45, 2.75) is 31.3 Å². The van der Waals surface area contributed by atoms with Crippen LogP contribution in [0.25, 0.3) is 0 Å². The number of aryl methyl sites for hydroxylation is 1. The van der Waals surface area contributed by atoms with Crippen LogP contribution in [0.5, 0.6) is 5.75 Å². The largest absolute Gasteiger partial charge is 0.487 e. The number of amides is 2. The molecule has 29 heavy (non-hydrogen) atoms. The van der Waals surface area contributed by atoms with E-state index < -0.39 is 5.97 Å². The number of carbonyl (C=O) groups is 2. The van der Waals surface area contributed by atoms with Crippen molar-refractivity contribution in [2.24, 2.45) is 0 Å². The SMILES string of the molecule is COC(=O)c1cccc(NC(=O)N2CCC3(CCc4ccc(F)cc4O3)CC2)n1. The number of hydrogen-bond acceptors (Lipinski definition) is 5. The summed E-state index contributed by atoms with van der Waals surface area (Å²) in [5, 5.41) is 2.72. The van der Waals surface area contributed by atoms with Crippen LogP contribution in [0, 0.1) is 5.82 Å². The molecule has 1 aromatic carbocycles. The minimum Gasteiger partial charge on any atom is -0.487 e. The van der Waals surface area contributed by atoms with E-state index >= 15 is 0 Å². The molecule has 8 heteroatoms. The van der Waals surface area contributed by atoms with E-state index in [-0.39, 0.29) is 29.0 Å². The van der Waals surface area contributed by atoms with Gasteiger partial charge in [-0.2, -0.15) is 0 Å². The van der Waals surface area contributed by atoms with Gasteiger partial charge in [-0.3, -0.25) is 5.32 Å². The van der Waals surface area contributed by atoms with Crippen molar-refractivity contribution in [3.8, 4) is 5.75 Å². The molecular formula is C21H22FN3O4. The van der Waals surface area contributed by atoms with Gasteiger partial charge in [0.05, 0.1) is 7.11 Å². The monoisotopic (exact) mass is 399 g/mol. The molecule has 0 bridgehead atoms. The Balaban J connectivity index is 1.37. The van der Waals surface area contributed by atoms with E-state index in [0.717, 1.165) is 18.4 Å². The third kappa shape index (κ3) is 4.01. The lowest BCUT2D eigenvalue weighted by Crippen LogP contribution is -2.52.